The molecular formula is C23H33NO3. The summed E-state index contributed by atoms with van der Waals surface area (Å²) >= 11 is 0. The Morgan fingerprint density at radius 2 is 2.11 bits per heavy atom. The van der Waals surface area contributed by atoms with Gasteiger partial charge in [-0.05, 0) is 73.5 Å². The van der Waals surface area contributed by atoms with Gasteiger partial charge in [-0.15, -0.1) is 0 Å². The lowest BCUT2D eigenvalue weighted by Gasteiger charge is -2.32. The molecule has 0 aliphatic heterocycles. The molecule has 2 N–H and O–H groups in total. The summed E-state index contributed by atoms with van der Waals surface area (Å²) in [5.74, 6) is 2.08. The average molecular weight is 372 g/mol. The summed E-state index contributed by atoms with van der Waals surface area (Å²) in [6.45, 7) is 2.25. The molecule has 3 rings (SSSR count). The number of aliphatic hydroxyl groups excluding tert-OH is 2. The fraction of sp³-hybridized carbons (Fsp3) is 0.696. The lowest BCUT2D eigenvalue weighted by molar-refractivity contribution is 0.0869. The summed E-state index contributed by atoms with van der Waals surface area (Å²) in [7, 11) is 0. The van der Waals surface area contributed by atoms with Gasteiger partial charge < -0.3 is 14.9 Å². The minimum atomic E-state index is -0.263. The van der Waals surface area contributed by atoms with Crippen molar-refractivity contribution in [3.05, 3.63) is 29.3 Å². The number of benzene rings is 1. The first-order valence-corrected chi connectivity index (χ1v) is 10.6. The Morgan fingerprint density at radius 1 is 1.26 bits per heavy atom. The second kappa shape index (κ2) is 9.57. The van der Waals surface area contributed by atoms with Crippen LogP contribution in [0, 0.1) is 29.1 Å². The number of nitriles is 1. The second-order valence-corrected chi connectivity index (χ2v) is 8.37. The van der Waals surface area contributed by atoms with E-state index in [2.05, 4.69) is 13.0 Å². The first-order chi connectivity index (χ1) is 13.1. The van der Waals surface area contributed by atoms with Gasteiger partial charge in [0, 0.05) is 0 Å². The van der Waals surface area contributed by atoms with Crippen molar-refractivity contribution in [3.8, 4) is 11.8 Å². The molecule has 0 aromatic heterocycles. The minimum absolute atomic E-state index is 0.0751. The molecule has 2 aliphatic rings. The Hall–Kier alpha value is -1.57. The van der Waals surface area contributed by atoms with Gasteiger partial charge in [0.25, 0.3) is 0 Å². The molecular weight excluding hydrogens is 338 g/mol. The van der Waals surface area contributed by atoms with Crippen molar-refractivity contribution in [1.29, 1.82) is 5.26 Å². The van der Waals surface area contributed by atoms with E-state index in [1.165, 1.54) is 24.0 Å². The molecule has 4 heteroatoms. The Kier molecular flexibility index (Phi) is 7.15. The Labute approximate surface area is 163 Å². The fourth-order valence-electron chi connectivity index (χ4n) is 5.21. The van der Waals surface area contributed by atoms with Crippen molar-refractivity contribution in [2.24, 2.45) is 17.8 Å². The topological polar surface area (TPSA) is 73.5 Å². The molecule has 1 aromatic rings. The van der Waals surface area contributed by atoms with Crippen LogP contribution < -0.4 is 4.74 Å². The van der Waals surface area contributed by atoms with E-state index in [0.717, 1.165) is 50.7 Å². The third kappa shape index (κ3) is 4.83. The zero-order valence-corrected chi connectivity index (χ0v) is 16.4. The van der Waals surface area contributed by atoms with E-state index >= 15 is 0 Å². The highest BCUT2D eigenvalue weighted by molar-refractivity contribution is 5.43. The van der Waals surface area contributed by atoms with Crippen LogP contribution in [0.5, 0.6) is 5.75 Å². The Bertz CT molecular complexity index is 654. The number of fused-ring (bicyclic) bond motifs is 2. The molecule has 27 heavy (non-hydrogen) atoms. The highest BCUT2D eigenvalue weighted by Crippen LogP contribution is 2.48. The zero-order chi connectivity index (χ0) is 19.2. The number of nitrogens with zero attached hydrogens (tertiary/aromatic N) is 1. The van der Waals surface area contributed by atoms with Gasteiger partial charge in [-0.1, -0.05) is 38.3 Å². The number of hydrogen-bond donors (Lipinski definition) is 2. The van der Waals surface area contributed by atoms with Crippen LogP contribution >= 0.6 is 0 Å². The molecule has 0 spiro atoms. The molecule has 5 atom stereocenters. The minimum Gasteiger partial charge on any atom is -0.478 e. The van der Waals surface area contributed by atoms with Crippen LogP contribution in [0.1, 0.15) is 63.0 Å². The third-order valence-electron chi connectivity index (χ3n) is 6.61. The molecule has 1 fully saturated rings. The van der Waals surface area contributed by atoms with Gasteiger partial charge in [0.05, 0.1) is 12.2 Å². The van der Waals surface area contributed by atoms with E-state index in [1.807, 2.05) is 18.2 Å². The molecule has 2 aliphatic carbocycles. The molecule has 0 radical (unpaired) electrons. The van der Waals surface area contributed by atoms with Crippen LogP contribution in [-0.4, -0.2) is 29.0 Å². The first kappa shape index (κ1) is 20.2. The summed E-state index contributed by atoms with van der Waals surface area (Å²) in [4.78, 5) is 0. The SMILES string of the molecule is CCCCCC(O)CCC1C2Cc3cccc(OCC#N)c3CC2C[C@H]1O. The number of ether oxygens (including phenoxy) is 1. The van der Waals surface area contributed by atoms with Gasteiger partial charge in [0.2, 0.25) is 0 Å². The first-order valence-electron chi connectivity index (χ1n) is 10.6. The van der Waals surface area contributed by atoms with Crippen LogP contribution in [0.3, 0.4) is 0 Å². The maximum atomic E-state index is 10.7. The van der Waals surface area contributed by atoms with E-state index in [1.54, 1.807) is 0 Å². The fourth-order valence-corrected chi connectivity index (χ4v) is 5.21. The Balaban J connectivity index is 1.62. The van der Waals surface area contributed by atoms with E-state index in [0.29, 0.717) is 11.8 Å². The van der Waals surface area contributed by atoms with Crippen molar-refractivity contribution in [2.75, 3.05) is 6.61 Å². The van der Waals surface area contributed by atoms with Gasteiger partial charge >= 0.3 is 0 Å². The average Bonchev–Trinajstić information content (AvgIpc) is 2.97. The van der Waals surface area contributed by atoms with Crippen LogP contribution in [0.2, 0.25) is 0 Å². The van der Waals surface area contributed by atoms with E-state index in [9.17, 15) is 10.2 Å². The van der Waals surface area contributed by atoms with Crippen molar-refractivity contribution < 1.29 is 14.9 Å². The predicted molar refractivity (Wildman–Crippen MR) is 105 cm³/mol. The third-order valence-corrected chi connectivity index (χ3v) is 6.61. The normalized spacial score (nSPS) is 27.5. The maximum absolute atomic E-state index is 10.7. The largest absolute Gasteiger partial charge is 0.478 e. The molecule has 4 nitrogen and oxygen atoms in total. The van der Waals surface area contributed by atoms with Crippen LogP contribution in [0.15, 0.2) is 18.2 Å². The van der Waals surface area contributed by atoms with E-state index in [-0.39, 0.29) is 24.7 Å². The summed E-state index contributed by atoms with van der Waals surface area (Å²) in [6.07, 6.45) is 8.29. The summed E-state index contributed by atoms with van der Waals surface area (Å²) in [5.41, 5.74) is 2.52. The summed E-state index contributed by atoms with van der Waals surface area (Å²) in [6, 6.07) is 8.16. The van der Waals surface area contributed by atoms with Crippen LogP contribution in [0.25, 0.3) is 0 Å². The lowest BCUT2D eigenvalue weighted by atomic mass is 9.73. The van der Waals surface area contributed by atoms with Gasteiger partial charge in [0.1, 0.15) is 11.8 Å². The van der Waals surface area contributed by atoms with Gasteiger partial charge in [-0.2, -0.15) is 5.26 Å². The highest BCUT2D eigenvalue weighted by atomic mass is 16.5. The van der Waals surface area contributed by atoms with Crippen molar-refractivity contribution in [1.82, 2.24) is 0 Å². The molecule has 0 saturated heterocycles. The van der Waals surface area contributed by atoms with Crippen LogP contribution in [-0.2, 0) is 12.8 Å². The molecule has 0 heterocycles. The summed E-state index contributed by atoms with van der Waals surface area (Å²) in [5, 5.41) is 29.7. The van der Waals surface area contributed by atoms with Crippen LogP contribution in [0.4, 0.5) is 0 Å². The molecule has 4 unspecified atom stereocenters. The molecule has 1 saturated carbocycles. The Morgan fingerprint density at radius 3 is 2.89 bits per heavy atom. The number of hydrogen-bond acceptors (Lipinski definition) is 4. The monoisotopic (exact) mass is 371 g/mol. The van der Waals surface area contributed by atoms with Gasteiger partial charge in [-0.3, -0.25) is 0 Å². The lowest BCUT2D eigenvalue weighted by Crippen LogP contribution is -2.28. The van der Waals surface area contributed by atoms with E-state index in [4.69, 9.17) is 10.00 Å². The smallest absolute Gasteiger partial charge is 0.174 e. The molecule has 0 amide bonds. The van der Waals surface area contributed by atoms with E-state index < -0.39 is 0 Å². The number of rotatable bonds is 9. The maximum Gasteiger partial charge on any atom is 0.174 e. The quantitative estimate of drug-likeness (QED) is 0.643. The molecule has 0 bridgehead atoms. The van der Waals surface area contributed by atoms with Gasteiger partial charge in [-0.25, -0.2) is 0 Å². The second-order valence-electron chi connectivity index (χ2n) is 8.37. The van der Waals surface area contributed by atoms with Crippen molar-refractivity contribution in [3.63, 3.8) is 0 Å². The predicted octanol–water partition coefficient (Wildman–Crippen LogP) is 4.02. The van der Waals surface area contributed by atoms with Crippen molar-refractivity contribution >= 4 is 0 Å². The standard InChI is InChI=1S/C23H33NO3/c1-2-3-4-7-18(25)9-10-19-20-13-16-6-5-8-23(27-12-11-24)21(16)14-17(20)15-22(19)26/h5-6,8,17-20,22,25-26H,2-4,7,9-10,12-15H2,1H3/t17?,18?,19?,20?,22-/m1/s1. The van der Waals surface area contributed by atoms with Crippen molar-refractivity contribution in [2.45, 2.75) is 76.9 Å². The summed E-state index contributed by atoms with van der Waals surface area (Å²) < 4.78 is 5.62. The number of aliphatic hydroxyl groups is 2. The zero-order valence-electron chi connectivity index (χ0n) is 16.4. The van der Waals surface area contributed by atoms with Gasteiger partial charge in [0.15, 0.2) is 6.61 Å². The molecule has 1 aromatic carbocycles. The number of unbranched alkanes of at least 4 members (excludes halogenated alkanes) is 2. The highest BCUT2D eigenvalue weighted by Gasteiger charge is 2.44. The molecule has 148 valence electrons.